The van der Waals surface area contributed by atoms with Crippen LogP contribution < -0.4 is 11.1 Å². The van der Waals surface area contributed by atoms with Crippen molar-refractivity contribution < 1.29 is 9.21 Å². The number of aromatic nitrogens is 2. The summed E-state index contributed by atoms with van der Waals surface area (Å²) in [4.78, 5) is 20.6. The Labute approximate surface area is 123 Å². The van der Waals surface area contributed by atoms with Gasteiger partial charge in [0.2, 0.25) is 0 Å². The number of carbonyl (C=O) groups excluding carboxylic acids is 1. The number of anilines is 1. The Kier molecular flexibility index (Phi) is 4.57. The maximum Gasteiger partial charge on any atom is 0.272 e. The lowest BCUT2D eigenvalue weighted by atomic mass is 10.1. The van der Waals surface area contributed by atoms with E-state index in [1.54, 1.807) is 6.26 Å². The quantitative estimate of drug-likeness (QED) is 0.879. The molecule has 1 atom stereocenters. The summed E-state index contributed by atoms with van der Waals surface area (Å²) in [6.07, 6.45) is 3.70. The van der Waals surface area contributed by atoms with E-state index in [4.69, 9.17) is 10.2 Å². The first-order valence-corrected chi connectivity index (χ1v) is 6.93. The highest BCUT2D eigenvalue weighted by Gasteiger charge is 2.17. The Morgan fingerprint density at radius 2 is 2.19 bits per heavy atom. The fraction of sp³-hybridized carbons (Fsp3) is 0.400. The second-order valence-electron chi connectivity index (χ2n) is 5.34. The first kappa shape index (κ1) is 15.0. The summed E-state index contributed by atoms with van der Waals surface area (Å²) in [7, 11) is 0. The summed E-state index contributed by atoms with van der Waals surface area (Å²) in [6.45, 7) is 5.83. The van der Waals surface area contributed by atoms with Crippen LogP contribution in [0.15, 0.2) is 29.0 Å². The molecular formula is C15H20N4O2. The molecule has 2 rings (SSSR count). The molecule has 0 radical (unpaired) electrons. The van der Waals surface area contributed by atoms with Crippen LogP contribution >= 0.6 is 0 Å². The summed E-state index contributed by atoms with van der Waals surface area (Å²) < 4.78 is 5.26. The van der Waals surface area contributed by atoms with E-state index in [0.717, 1.165) is 5.76 Å². The normalized spacial score (nSPS) is 12.4. The van der Waals surface area contributed by atoms with Crippen LogP contribution in [0.3, 0.4) is 0 Å². The second-order valence-corrected chi connectivity index (χ2v) is 5.34. The minimum Gasteiger partial charge on any atom is -0.469 e. The van der Waals surface area contributed by atoms with Crippen molar-refractivity contribution in [2.75, 3.05) is 5.73 Å². The van der Waals surface area contributed by atoms with Gasteiger partial charge in [-0.2, -0.15) is 0 Å². The fourth-order valence-corrected chi connectivity index (χ4v) is 1.94. The lowest BCUT2D eigenvalue weighted by molar-refractivity contribution is 0.0934. The van der Waals surface area contributed by atoms with Crippen molar-refractivity contribution in [2.45, 2.75) is 39.2 Å². The minimum atomic E-state index is -0.296. The molecule has 21 heavy (non-hydrogen) atoms. The van der Waals surface area contributed by atoms with Gasteiger partial charge in [0.15, 0.2) is 5.69 Å². The standard InChI is InChI=1S/C15H20N4O2/c1-9(2)14-17-8-12(16)13(19-14)15(20)18-10(3)7-11-5-4-6-21-11/h4-6,8-10H,7,16H2,1-3H3,(H,18,20). The van der Waals surface area contributed by atoms with E-state index in [-0.39, 0.29) is 29.2 Å². The topological polar surface area (TPSA) is 94.0 Å². The molecule has 1 unspecified atom stereocenters. The average molecular weight is 288 g/mol. The van der Waals surface area contributed by atoms with Gasteiger partial charge in [-0.1, -0.05) is 13.8 Å². The molecule has 0 spiro atoms. The summed E-state index contributed by atoms with van der Waals surface area (Å²) in [6, 6.07) is 3.61. The number of nitrogen functional groups attached to an aromatic ring is 1. The zero-order valence-electron chi connectivity index (χ0n) is 12.5. The first-order valence-electron chi connectivity index (χ1n) is 6.93. The van der Waals surface area contributed by atoms with Crippen LogP contribution in [0.5, 0.6) is 0 Å². The summed E-state index contributed by atoms with van der Waals surface area (Å²) in [5, 5.41) is 2.87. The number of hydrogen-bond donors (Lipinski definition) is 2. The number of hydrogen-bond acceptors (Lipinski definition) is 5. The lowest BCUT2D eigenvalue weighted by Crippen LogP contribution is -2.35. The Bertz CT molecular complexity index is 608. The van der Waals surface area contributed by atoms with E-state index in [1.807, 2.05) is 32.9 Å². The number of rotatable bonds is 5. The first-order chi connectivity index (χ1) is 9.97. The molecule has 112 valence electrons. The van der Waals surface area contributed by atoms with E-state index >= 15 is 0 Å². The molecule has 0 aliphatic rings. The van der Waals surface area contributed by atoms with Gasteiger partial charge < -0.3 is 15.5 Å². The molecule has 0 bridgehead atoms. The van der Waals surface area contributed by atoms with Crippen molar-refractivity contribution >= 4 is 11.6 Å². The van der Waals surface area contributed by atoms with Crippen molar-refractivity contribution in [1.29, 1.82) is 0 Å². The van der Waals surface area contributed by atoms with Crippen LogP contribution in [-0.4, -0.2) is 21.9 Å². The second kappa shape index (κ2) is 6.39. The van der Waals surface area contributed by atoms with Crippen LogP contribution in [0.2, 0.25) is 0 Å². The monoisotopic (exact) mass is 288 g/mol. The third-order valence-corrected chi connectivity index (χ3v) is 3.03. The SMILES string of the molecule is CC(Cc1ccco1)NC(=O)c1nc(C(C)C)ncc1N. The van der Waals surface area contributed by atoms with E-state index < -0.39 is 0 Å². The largest absolute Gasteiger partial charge is 0.469 e. The van der Waals surface area contributed by atoms with Gasteiger partial charge in [0.05, 0.1) is 18.1 Å². The molecule has 0 aliphatic heterocycles. The number of nitrogens with two attached hydrogens (primary N) is 1. The number of furan rings is 1. The molecule has 0 aliphatic carbocycles. The van der Waals surface area contributed by atoms with Gasteiger partial charge in [-0.3, -0.25) is 4.79 Å². The zero-order chi connectivity index (χ0) is 15.4. The van der Waals surface area contributed by atoms with E-state index in [2.05, 4.69) is 15.3 Å². The summed E-state index contributed by atoms with van der Waals surface area (Å²) >= 11 is 0. The van der Waals surface area contributed by atoms with Gasteiger partial charge in [-0.25, -0.2) is 9.97 Å². The predicted octanol–water partition coefficient (Wildman–Crippen LogP) is 2.14. The number of nitrogens with zero attached hydrogens (tertiary/aromatic N) is 2. The van der Waals surface area contributed by atoms with Crippen LogP contribution in [0.1, 0.15) is 48.8 Å². The molecule has 2 aromatic heterocycles. The van der Waals surface area contributed by atoms with Gasteiger partial charge in [0.1, 0.15) is 11.6 Å². The molecule has 0 saturated heterocycles. The highest BCUT2D eigenvalue weighted by Crippen LogP contribution is 2.14. The maximum atomic E-state index is 12.3. The van der Waals surface area contributed by atoms with Crippen LogP contribution in [-0.2, 0) is 6.42 Å². The fourth-order valence-electron chi connectivity index (χ4n) is 1.94. The lowest BCUT2D eigenvalue weighted by Gasteiger charge is -2.14. The summed E-state index contributed by atoms with van der Waals surface area (Å²) in [5.41, 5.74) is 6.30. The van der Waals surface area contributed by atoms with Gasteiger partial charge >= 0.3 is 0 Å². The van der Waals surface area contributed by atoms with E-state index in [9.17, 15) is 4.79 Å². The molecule has 0 fully saturated rings. The Balaban J connectivity index is 2.07. The third kappa shape index (κ3) is 3.81. The van der Waals surface area contributed by atoms with Gasteiger partial charge in [-0.15, -0.1) is 0 Å². The number of amides is 1. The number of nitrogens with one attached hydrogen (secondary N) is 1. The maximum absolute atomic E-state index is 12.3. The molecule has 0 saturated carbocycles. The molecule has 3 N–H and O–H groups in total. The van der Waals surface area contributed by atoms with Crippen molar-refractivity contribution in [3.8, 4) is 0 Å². The van der Waals surface area contributed by atoms with Gasteiger partial charge in [0, 0.05) is 18.4 Å². The Hall–Kier alpha value is -2.37. The molecule has 2 heterocycles. The van der Waals surface area contributed by atoms with Crippen molar-refractivity contribution in [3.63, 3.8) is 0 Å². The van der Waals surface area contributed by atoms with Crippen LogP contribution in [0, 0.1) is 0 Å². The molecule has 0 aromatic carbocycles. The van der Waals surface area contributed by atoms with Crippen LogP contribution in [0.25, 0.3) is 0 Å². The number of carbonyl (C=O) groups is 1. The molecule has 1 amide bonds. The van der Waals surface area contributed by atoms with Crippen molar-refractivity contribution in [2.24, 2.45) is 0 Å². The van der Waals surface area contributed by atoms with Gasteiger partial charge in [0.25, 0.3) is 5.91 Å². The smallest absolute Gasteiger partial charge is 0.272 e. The molecule has 6 nitrogen and oxygen atoms in total. The molecule has 2 aromatic rings. The third-order valence-electron chi connectivity index (χ3n) is 3.03. The predicted molar refractivity (Wildman–Crippen MR) is 79.9 cm³/mol. The highest BCUT2D eigenvalue weighted by atomic mass is 16.3. The van der Waals surface area contributed by atoms with Crippen molar-refractivity contribution in [1.82, 2.24) is 15.3 Å². The molecular weight excluding hydrogens is 268 g/mol. The average Bonchev–Trinajstić information content (AvgIpc) is 2.91. The molecule has 6 heteroatoms. The highest BCUT2D eigenvalue weighted by molar-refractivity contribution is 5.97. The van der Waals surface area contributed by atoms with E-state index in [1.165, 1.54) is 6.20 Å². The van der Waals surface area contributed by atoms with E-state index in [0.29, 0.717) is 12.2 Å². The minimum absolute atomic E-state index is 0.0829. The Morgan fingerprint density at radius 1 is 1.43 bits per heavy atom. The van der Waals surface area contributed by atoms with Crippen LogP contribution in [0.4, 0.5) is 5.69 Å². The van der Waals surface area contributed by atoms with Crippen molar-refractivity contribution in [3.05, 3.63) is 41.9 Å². The summed E-state index contributed by atoms with van der Waals surface area (Å²) in [5.74, 6) is 1.27. The van der Waals surface area contributed by atoms with Gasteiger partial charge in [-0.05, 0) is 19.1 Å². The Morgan fingerprint density at radius 3 is 2.81 bits per heavy atom. The zero-order valence-corrected chi connectivity index (χ0v) is 12.5.